The van der Waals surface area contributed by atoms with Crippen molar-refractivity contribution in [1.82, 2.24) is 14.9 Å². The molecular weight excluding hydrogens is 352 g/mol. The number of aromatic nitrogens is 2. The zero-order chi connectivity index (χ0) is 19.7. The van der Waals surface area contributed by atoms with Crippen LogP contribution in [0.2, 0.25) is 0 Å². The number of carbonyl (C=O) groups excluding carboxylic acids is 1. The number of rotatable bonds is 3. The highest BCUT2D eigenvalue weighted by molar-refractivity contribution is 5.89. The summed E-state index contributed by atoms with van der Waals surface area (Å²) in [6, 6.07) is 11.6. The molecule has 6 heteroatoms. The van der Waals surface area contributed by atoms with Crippen molar-refractivity contribution in [2.45, 2.75) is 32.6 Å². The highest BCUT2D eigenvalue weighted by Gasteiger charge is 2.27. The summed E-state index contributed by atoms with van der Waals surface area (Å²) in [6.45, 7) is 5.63. The maximum absolute atomic E-state index is 12.7. The number of benzene rings is 2. The Morgan fingerprint density at radius 2 is 2.07 bits per heavy atom. The van der Waals surface area contributed by atoms with E-state index in [1.165, 1.54) is 11.1 Å². The van der Waals surface area contributed by atoms with Crippen LogP contribution in [0.15, 0.2) is 36.4 Å². The van der Waals surface area contributed by atoms with E-state index in [0.29, 0.717) is 6.54 Å². The maximum Gasteiger partial charge on any atom is 0.321 e. The Bertz CT molecular complexity index is 972. The number of likely N-dealkylation sites (tertiary alicyclic amines) is 1. The van der Waals surface area contributed by atoms with Gasteiger partial charge in [-0.1, -0.05) is 6.07 Å². The number of nitrogens with zero attached hydrogens (tertiary/aromatic N) is 2. The van der Waals surface area contributed by atoms with Crippen LogP contribution >= 0.6 is 0 Å². The number of imidazole rings is 1. The first-order valence-corrected chi connectivity index (χ1v) is 9.70. The lowest BCUT2D eigenvalue weighted by Gasteiger charge is -2.31. The standard InChI is InChI=1S/C22H26N4O2/c1-14-10-19-20(11-15(14)2)25-21(24-19)16-6-5-9-26(13-16)22(27)23-17-7-4-8-18(12-17)28-3/h4,7-8,10-12,16H,5-6,9,13H2,1-3H3,(H,23,27)(H,24,25)/t16-/m1/s1. The Morgan fingerprint density at radius 1 is 1.25 bits per heavy atom. The second-order valence-corrected chi connectivity index (χ2v) is 7.52. The van der Waals surface area contributed by atoms with Gasteiger partial charge >= 0.3 is 6.03 Å². The third kappa shape index (κ3) is 3.67. The van der Waals surface area contributed by atoms with Crippen molar-refractivity contribution in [2.24, 2.45) is 0 Å². The number of carbonyl (C=O) groups is 1. The van der Waals surface area contributed by atoms with E-state index in [2.05, 4.69) is 36.3 Å². The number of hydrogen-bond acceptors (Lipinski definition) is 3. The summed E-state index contributed by atoms with van der Waals surface area (Å²) in [5, 5.41) is 2.98. The van der Waals surface area contributed by atoms with Crippen LogP contribution in [0.25, 0.3) is 11.0 Å². The Kier molecular flexibility index (Phi) is 4.94. The van der Waals surface area contributed by atoms with Crippen LogP contribution in [-0.4, -0.2) is 41.1 Å². The molecule has 2 N–H and O–H groups in total. The Labute approximate surface area is 164 Å². The van der Waals surface area contributed by atoms with Crippen molar-refractivity contribution in [1.29, 1.82) is 0 Å². The molecule has 4 rings (SSSR count). The van der Waals surface area contributed by atoms with Crippen molar-refractivity contribution in [3.8, 4) is 5.75 Å². The number of nitrogens with one attached hydrogen (secondary N) is 2. The Morgan fingerprint density at radius 3 is 2.89 bits per heavy atom. The van der Waals surface area contributed by atoms with Crippen LogP contribution in [0.5, 0.6) is 5.75 Å². The van der Waals surface area contributed by atoms with Gasteiger partial charge in [0, 0.05) is 30.8 Å². The molecule has 0 aliphatic carbocycles. The van der Waals surface area contributed by atoms with E-state index in [9.17, 15) is 4.79 Å². The first-order valence-electron chi connectivity index (χ1n) is 9.70. The molecule has 0 bridgehead atoms. The van der Waals surface area contributed by atoms with E-state index in [1.807, 2.05) is 29.2 Å². The maximum atomic E-state index is 12.7. The minimum atomic E-state index is -0.0826. The topological polar surface area (TPSA) is 70.2 Å². The molecule has 0 unspecified atom stereocenters. The van der Waals surface area contributed by atoms with Gasteiger partial charge < -0.3 is 19.9 Å². The molecule has 0 saturated carbocycles. The van der Waals surface area contributed by atoms with Gasteiger partial charge in [-0.3, -0.25) is 0 Å². The molecule has 1 aliphatic heterocycles. The van der Waals surface area contributed by atoms with Crippen LogP contribution < -0.4 is 10.1 Å². The molecule has 1 fully saturated rings. The number of fused-ring (bicyclic) bond motifs is 1. The van der Waals surface area contributed by atoms with Crippen LogP contribution in [0.3, 0.4) is 0 Å². The lowest BCUT2D eigenvalue weighted by Crippen LogP contribution is -2.41. The van der Waals surface area contributed by atoms with Gasteiger partial charge in [0.2, 0.25) is 0 Å². The van der Waals surface area contributed by atoms with E-state index in [1.54, 1.807) is 7.11 Å². The number of amides is 2. The number of ether oxygens (including phenoxy) is 1. The molecule has 1 atom stereocenters. The minimum Gasteiger partial charge on any atom is -0.497 e. The molecule has 1 aliphatic rings. The molecule has 0 spiro atoms. The summed E-state index contributed by atoms with van der Waals surface area (Å²) in [4.78, 5) is 22.9. The fourth-order valence-electron chi connectivity index (χ4n) is 3.77. The van der Waals surface area contributed by atoms with E-state index >= 15 is 0 Å². The average molecular weight is 378 g/mol. The number of anilines is 1. The fourth-order valence-corrected chi connectivity index (χ4v) is 3.77. The lowest BCUT2D eigenvalue weighted by molar-refractivity contribution is 0.191. The van der Waals surface area contributed by atoms with Gasteiger partial charge in [0.25, 0.3) is 0 Å². The zero-order valence-electron chi connectivity index (χ0n) is 16.6. The van der Waals surface area contributed by atoms with Gasteiger partial charge in [-0.25, -0.2) is 9.78 Å². The third-order valence-corrected chi connectivity index (χ3v) is 5.53. The predicted octanol–water partition coefficient (Wildman–Crippen LogP) is 4.60. The molecule has 28 heavy (non-hydrogen) atoms. The van der Waals surface area contributed by atoms with Gasteiger partial charge in [-0.15, -0.1) is 0 Å². The van der Waals surface area contributed by atoms with Gasteiger partial charge in [0.1, 0.15) is 11.6 Å². The van der Waals surface area contributed by atoms with Crippen LogP contribution in [-0.2, 0) is 0 Å². The highest BCUT2D eigenvalue weighted by atomic mass is 16.5. The van der Waals surface area contributed by atoms with E-state index in [0.717, 1.165) is 47.7 Å². The number of urea groups is 1. The smallest absolute Gasteiger partial charge is 0.321 e. The Balaban J connectivity index is 1.48. The predicted molar refractivity (Wildman–Crippen MR) is 111 cm³/mol. The number of H-pyrrole nitrogens is 1. The number of aryl methyl sites for hydroxylation is 2. The molecular formula is C22H26N4O2. The largest absolute Gasteiger partial charge is 0.497 e. The first kappa shape index (κ1) is 18.3. The summed E-state index contributed by atoms with van der Waals surface area (Å²) in [5.74, 6) is 1.92. The molecule has 1 saturated heterocycles. The summed E-state index contributed by atoms with van der Waals surface area (Å²) < 4.78 is 5.23. The normalized spacial score (nSPS) is 17.0. The van der Waals surface area contributed by atoms with Crippen molar-refractivity contribution >= 4 is 22.8 Å². The first-order chi connectivity index (χ1) is 13.5. The monoisotopic (exact) mass is 378 g/mol. The second-order valence-electron chi connectivity index (χ2n) is 7.52. The van der Waals surface area contributed by atoms with Gasteiger partial charge in [-0.05, 0) is 62.1 Å². The molecule has 2 amide bonds. The van der Waals surface area contributed by atoms with Gasteiger partial charge in [0.15, 0.2) is 0 Å². The van der Waals surface area contributed by atoms with Gasteiger partial charge in [0.05, 0.1) is 18.1 Å². The molecule has 2 heterocycles. The van der Waals surface area contributed by atoms with Crippen molar-refractivity contribution < 1.29 is 9.53 Å². The zero-order valence-corrected chi connectivity index (χ0v) is 16.6. The molecule has 6 nitrogen and oxygen atoms in total. The summed E-state index contributed by atoms with van der Waals surface area (Å²) >= 11 is 0. The van der Waals surface area contributed by atoms with E-state index < -0.39 is 0 Å². The highest BCUT2D eigenvalue weighted by Crippen LogP contribution is 2.28. The van der Waals surface area contributed by atoms with E-state index in [4.69, 9.17) is 9.72 Å². The second kappa shape index (κ2) is 7.54. The Hall–Kier alpha value is -3.02. The molecule has 1 aromatic heterocycles. The van der Waals surface area contributed by atoms with Crippen LogP contribution in [0.1, 0.15) is 35.7 Å². The molecule has 3 aromatic rings. The number of methoxy groups -OCH3 is 1. The van der Waals surface area contributed by atoms with Crippen molar-refractivity contribution in [3.05, 3.63) is 53.3 Å². The van der Waals surface area contributed by atoms with Crippen LogP contribution in [0.4, 0.5) is 10.5 Å². The quantitative estimate of drug-likeness (QED) is 0.700. The average Bonchev–Trinajstić information content (AvgIpc) is 3.11. The van der Waals surface area contributed by atoms with Crippen LogP contribution in [0, 0.1) is 13.8 Å². The van der Waals surface area contributed by atoms with E-state index in [-0.39, 0.29) is 11.9 Å². The molecule has 0 radical (unpaired) electrons. The number of hydrogen-bond donors (Lipinski definition) is 2. The number of aromatic amines is 1. The van der Waals surface area contributed by atoms with Crippen molar-refractivity contribution in [3.63, 3.8) is 0 Å². The summed E-state index contributed by atoms with van der Waals surface area (Å²) in [6.07, 6.45) is 1.99. The SMILES string of the molecule is COc1cccc(NC(=O)N2CCC[C@@H](c3nc4cc(C)c(C)cc4[nH]3)C2)c1. The molecule has 2 aromatic carbocycles. The fraction of sp³-hybridized carbons (Fsp3) is 0.364. The van der Waals surface area contributed by atoms with Crippen molar-refractivity contribution in [2.75, 3.05) is 25.5 Å². The summed E-state index contributed by atoms with van der Waals surface area (Å²) in [5.41, 5.74) is 5.30. The summed E-state index contributed by atoms with van der Waals surface area (Å²) in [7, 11) is 1.62. The third-order valence-electron chi connectivity index (χ3n) is 5.53. The molecule has 146 valence electrons. The lowest BCUT2D eigenvalue weighted by atomic mass is 9.97. The number of piperidine rings is 1. The minimum absolute atomic E-state index is 0.0826. The van der Waals surface area contributed by atoms with Gasteiger partial charge in [-0.2, -0.15) is 0 Å².